The average molecular weight is 432 g/mol. The number of nitrogens with two attached hydrogens (primary N) is 1. The summed E-state index contributed by atoms with van der Waals surface area (Å²) >= 11 is 0. The summed E-state index contributed by atoms with van der Waals surface area (Å²) in [6, 6.07) is 9.48. The van der Waals surface area contributed by atoms with Gasteiger partial charge >= 0.3 is 0 Å². The molecular weight excluding hydrogens is 402 g/mol. The third-order valence-electron chi connectivity index (χ3n) is 5.81. The van der Waals surface area contributed by atoms with Crippen LogP contribution in [0.4, 0.5) is 11.5 Å². The van der Waals surface area contributed by atoms with Crippen molar-refractivity contribution in [1.29, 1.82) is 0 Å². The molecule has 32 heavy (non-hydrogen) atoms. The summed E-state index contributed by atoms with van der Waals surface area (Å²) in [4.78, 5) is 16.2. The van der Waals surface area contributed by atoms with Crippen molar-refractivity contribution in [3.63, 3.8) is 0 Å². The Hall–Kier alpha value is -3.40. The zero-order valence-electron chi connectivity index (χ0n) is 19.1. The molecule has 1 aliphatic carbocycles. The predicted molar refractivity (Wildman–Crippen MR) is 123 cm³/mol. The Morgan fingerprint density at radius 2 is 1.94 bits per heavy atom. The van der Waals surface area contributed by atoms with Gasteiger partial charge < -0.3 is 10.3 Å². The van der Waals surface area contributed by atoms with Crippen LogP contribution in [0.3, 0.4) is 0 Å². The van der Waals surface area contributed by atoms with Crippen LogP contribution in [0.15, 0.2) is 34.9 Å². The number of anilines is 1. The van der Waals surface area contributed by atoms with Crippen molar-refractivity contribution in [2.75, 3.05) is 5.73 Å². The van der Waals surface area contributed by atoms with Crippen LogP contribution in [-0.2, 0) is 29.6 Å². The average Bonchev–Trinajstić information content (AvgIpc) is 3.15. The third-order valence-corrected chi connectivity index (χ3v) is 5.81. The van der Waals surface area contributed by atoms with Gasteiger partial charge in [0, 0.05) is 12.5 Å². The maximum Gasteiger partial charge on any atom is 0.254 e. The first-order valence-electron chi connectivity index (χ1n) is 10.9. The highest BCUT2D eigenvalue weighted by molar-refractivity contribution is 5.85. The van der Waals surface area contributed by atoms with Crippen LogP contribution in [0.5, 0.6) is 0 Å². The number of Topliss-reactive ketones (excluding diaryl/α,β-unsaturated/α-hetero) is 1. The van der Waals surface area contributed by atoms with Crippen molar-refractivity contribution in [1.82, 2.24) is 14.9 Å². The van der Waals surface area contributed by atoms with E-state index in [1.165, 1.54) is 0 Å². The Morgan fingerprint density at radius 1 is 1.25 bits per heavy atom. The summed E-state index contributed by atoms with van der Waals surface area (Å²) in [7, 11) is 0. The second-order valence-corrected chi connectivity index (χ2v) is 10.2. The molecule has 1 fully saturated rings. The Morgan fingerprint density at radius 3 is 2.53 bits per heavy atom. The van der Waals surface area contributed by atoms with Gasteiger partial charge in [-0.1, -0.05) is 50.2 Å². The molecule has 0 amide bonds. The van der Waals surface area contributed by atoms with E-state index in [0.717, 1.165) is 36.1 Å². The molecule has 2 aromatic heterocycles. The summed E-state index contributed by atoms with van der Waals surface area (Å²) < 4.78 is 7.14. The highest BCUT2D eigenvalue weighted by Gasteiger charge is 2.42. The SMILES string of the molecule is [C-]#[N+]c1c(-c2ccc(CC(=O)Cc3cc(CC(C)(C)C)no3)cc2)nn(C2(C)CC2)c1N. The monoisotopic (exact) mass is 431 g/mol. The van der Waals surface area contributed by atoms with E-state index in [4.69, 9.17) is 16.8 Å². The number of aromatic nitrogens is 3. The zero-order chi connectivity index (χ0) is 23.1. The van der Waals surface area contributed by atoms with Crippen molar-refractivity contribution in [3.8, 4) is 11.3 Å². The molecule has 0 spiro atoms. The molecule has 1 aliphatic rings. The molecule has 0 aliphatic heterocycles. The quantitative estimate of drug-likeness (QED) is 0.524. The molecule has 3 aromatic rings. The molecule has 0 radical (unpaired) electrons. The molecule has 4 rings (SSSR count). The van der Waals surface area contributed by atoms with Gasteiger partial charge in [0.05, 0.1) is 24.2 Å². The molecule has 0 bridgehead atoms. The lowest BCUT2D eigenvalue weighted by atomic mass is 9.90. The second kappa shape index (κ2) is 7.94. The molecule has 2 heterocycles. The van der Waals surface area contributed by atoms with E-state index in [9.17, 15) is 4.79 Å². The van der Waals surface area contributed by atoms with Gasteiger partial charge in [-0.3, -0.25) is 9.48 Å². The second-order valence-electron chi connectivity index (χ2n) is 10.2. The van der Waals surface area contributed by atoms with Gasteiger partial charge in [0.25, 0.3) is 5.69 Å². The van der Waals surface area contributed by atoms with Crippen molar-refractivity contribution < 1.29 is 9.32 Å². The number of hydrogen-bond acceptors (Lipinski definition) is 5. The summed E-state index contributed by atoms with van der Waals surface area (Å²) in [5.74, 6) is 1.09. The first-order chi connectivity index (χ1) is 15.1. The van der Waals surface area contributed by atoms with E-state index in [0.29, 0.717) is 29.4 Å². The number of hydrogen-bond donors (Lipinski definition) is 1. The smallest absolute Gasteiger partial charge is 0.254 e. The number of rotatable bonds is 7. The predicted octanol–water partition coefficient (Wildman–Crippen LogP) is 5.12. The Labute approximate surface area is 188 Å². The molecular formula is C25H29N5O2. The minimum Gasteiger partial charge on any atom is -0.393 e. The Bertz CT molecular complexity index is 1180. The van der Waals surface area contributed by atoms with Crippen molar-refractivity contribution >= 4 is 17.3 Å². The topological polar surface area (TPSA) is 91.3 Å². The lowest BCUT2D eigenvalue weighted by Gasteiger charge is -2.14. The molecule has 1 saturated carbocycles. The number of carbonyl (C=O) groups excluding carboxylic acids is 1. The van der Waals surface area contributed by atoms with Gasteiger partial charge in [-0.2, -0.15) is 5.10 Å². The van der Waals surface area contributed by atoms with Gasteiger partial charge in [0.15, 0.2) is 0 Å². The van der Waals surface area contributed by atoms with Crippen LogP contribution >= 0.6 is 0 Å². The van der Waals surface area contributed by atoms with Crippen LogP contribution in [0, 0.1) is 12.0 Å². The van der Waals surface area contributed by atoms with E-state index in [2.05, 4.69) is 42.8 Å². The van der Waals surface area contributed by atoms with Crippen LogP contribution in [0.1, 0.15) is 57.6 Å². The molecule has 7 nitrogen and oxygen atoms in total. The number of benzene rings is 1. The van der Waals surface area contributed by atoms with Gasteiger partial charge in [-0.15, -0.1) is 0 Å². The van der Waals surface area contributed by atoms with Crippen molar-refractivity contribution in [2.45, 2.75) is 65.3 Å². The van der Waals surface area contributed by atoms with Crippen LogP contribution in [0.25, 0.3) is 16.1 Å². The van der Waals surface area contributed by atoms with Crippen LogP contribution < -0.4 is 5.73 Å². The molecule has 2 N–H and O–H groups in total. The molecule has 166 valence electrons. The fourth-order valence-corrected chi connectivity index (χ4v) is 3.86. The summed E-state index contributed by atoms with van der Waals surface area (Å²) in [6.45, 7) is 16.1. The zero-order valence-corrected chi connectivity index (χ0v) is 19.1. The van der Waals surface area contributed by atoms with Crippen molar-refractivity contribution in [2.24, 2.45) is 5.41 Å². The van der Waals surface area contributed by atoms with Gasteiger partial charge in [-0.25, -0.2) is 4.85 Å². The van der Waals surface area contributed by atoms with Gasteiger partial charge in [0.2, 0.25) is 0 Å². The van der Waals surface area contributed by atoms with E-state index < -0.39 is 0 Å². The van der Waals surface area contributed by atoms with Gasteiger partial charge in [0.1, 0.15) is 23.1 Å². The molecule has 7 heteroatoms. The number of ketones is 1. The highest BCUT2D eigenvalue weighted by Crippen LogP contribution is 2.47. The minimum absolute atomic E-state index is 0.0632. The highest BCUT2D eigenvalue weighted by atomic mass is 16.5. The summed E-state index contributed by atoms with van der Waals surface area (Å²) in [5, 5.41) is 8.73. The lowest BCUT2D eigenvalue weighted by molar-refractivity contribution is -0.118. The van der Waals surface area contributed by atoms with E-state index in [-0.39, 0.29) is 23.2 Å². The Kier molecular flexibility index (Phi) is 5.41. The first-order valence-corrected chi connectivity index (χ1v) is 10.9. The minimum atomic E-state index is -0.0818. The standard InChI is InChI=1S/C25H29N5O2/c1-24(2,3)15-18-13-20(32-29-18)14-19(31)12-16-6-8-17(9-7-16)21-22(27-5)23(26)30(28-21)25(4)10-11-25/h6-9,13H,10-12,14-15,26H2,1-4H3. The maximum absolute atomic E-state index is 12.5. The first kappa shape index (κ1) is 21.8. The number of nitrogens with zero attached hydrogens (tertiary/aromatic N) is 4. The summed E-state index contributed by atoms with van der Waals surface area (Å²) in [5.41, 5.74) is 9.82. The third kappa shape index (κ3) is 4.59. The molecule has 1 aromatic carbocycles. The van der Waals surface area contributed by atoms with Gasteiger partial charge in [-0.05, 0) is 42.7 Å². The number of carbonyl (C=O) groups is 1. The maximum atomic E-state index is 12.5. The largest absolute Gasteiger partial charge is 0.393 e. The van der Waals surface area contributed by atoms with Crippen LogP contribution in [0.2, 0.25) is 0 Å². The fraction of sp³-hybridized carbons (Fsp3) is 0.440. The molecule has 0 atom stereocenters. The molecule has 0 saturated heterocycles. The van der Waals surface area contributed by atoms with Crippen molar-refractivity contribution in [3.05, 3.63) is 58.8 Å². The van der Waals surface area contributed by atoms with E-state index in [1.54, 1.807) is 4.68 Å². The summed E-state index contributed by atoms with van der Waals surface area (Å²) in [6.07, 6.45) is 3.36. The van der Waals surface area contributed by atoms with E-state index in [1.807, 2.05) is 30.3 Å². The number of nitrogen functional groups attached to an aromatic ring is 1. The lowest BCUT2D eigenvalue weighted by Crippen LogP contribution is -2.16. The fourth-order valence-electron chi connectivity index (χ4n) is 3.86. The van der Waals surface area contributed by atoms with Crippen LogP contribution in [-0.4, -0.2) is 20.7 Å². The normalized spacial score (nSPS) is 14.8. The Balaban J connectivity index is 1.44. The molecule has 0 unspecified atom stereocenters. The van der Waals surface area contributed by atoms with E-state index >= 15 is 0 Å².